The predicted octanol–water partition coefficient (Wildman–Crippen LogP) is 1.68. The number of carbonyl (C=O) groups excluding carboxylic acids is 1. The van der Waals surface area contributed by atoms with Gasteiger partial charge in [-0.25, -0.2) is 0 Å². The van der Waals surface area contributed by atoms with Gasteiger partial charge in [0, 0.05) is 13.1 Å². The lowest BCUT2D eigenvalue weighted by Gasteiger charge is -2.29. The third kappa shape index (κ3) is 4.32. The Labute approximate surface area is 148 Å². The number of hydrogen-bond acceptors (Lipinski definition) is 5. The minimum absolute atomic E-state index is 0. The molecule has 0 bridgehead atoms. The molecule has 0 aromatic heterocycles. The quantitative estimate of drug-likeness (QED) is 0.859. The summed E-state index contributed by atoms with van der Waals surface area (Å²) in [6, 6.07) is 5.76. The molecule has 2 aliphatic heterocycles. The van der Waals surface area contributed by atoms with Crippen molar-refractivity contribution in [2.75, 3.05) is 32.9 Å². The smallest absolute Gasteiger partial charge is 0.250 e. The first-order chi connectivity index (χ1) is 11.1. The van der Waals surface area contributed by atoms with Crippen LogP contribution in [0.1, 0.15) is 25.5 Å². The summed E-state index contributed by atoms with van der Waals surface area (Å²) in [5, 5.41) is 6.29. The van der Waals surface area contributed by atoms with Crippen LogP contribution in [-0.2, 0) is 9.53 Å². The van der Waals surface area contributed by atoms with Crippen LogP contribution in [0.25, 0.3) is 0 Å². The Morgan fingerprint density at radius 3 is 2.62 bits per heavy atom. The van der Waals surface area contributed by atoms with Gasteiger partial charge in [-0.3, -0.25) is 4.79 Å². The summed E-state index contributed by atoms with van der Waals surface area (Å²) in [6.07, 6.45) is -0.429. The minimum Gasteiger partial charge on any atom is -0.486 e. The van der Waals surface area contributed by atoms with Gasteiger partial charge in [-0.05, 0) is 23.6 Å². The first-order valence-corrected chi connectivity index (χ1v) is 8.17. The summed E-state index contributed by atoms with van der Waals surface area (Å²) < 4.78 is 16.7. The average Bonchev–Trinajstić information content (AvgIpc) is 2.59. The van der Waals surface area contributed by atoms with Crippen molar-refractivity contribution >= 4 is 18.3 Å². The fraction of sp³-hybridized carbons (Fsp3) is 0.588. The lowest BCUT2D eigenvalue weighted by molar-refractivity contribution is -0.135. The normalized spacial score (nSPS) is 20.9. The fourth-order valence-corrected chi connectivity index (χ4v) is 2.87. The lowest BCUT2D eigenvalue weighted by atomic mass is 9.95. The zero-order valence-electron chi connectivity index (χ0n) is 14.0. The van der Waals surface area contributed by atoms with Crippen molar-refractivity contribution in [3.8, 4) is 11.5 Å². The Morgan fingerprint density at radius 1 is 1.21 bits per heavy atom. The number of ether oxygens (including phenoxy) is 3. The van der Waals surface area contributed by atoms with E-state index >= 15 is 0 Å². The molecule has 0 aliphatic carbocycles. The molecular weight excluding hydrogens is 332 g/mol. The van der Waals surface area contributed by atoms with Crippen LogP contribution in [0, 0.1) is 5.92 Å². The molecule has 24 heavy (non-hydrogen) atoms. The summed E-state index contributed by atoms with van der Waals surface area (Å²) in [4.78, 5) is 12.4. The second-order valence-electron chi connectivity index (χ2n) is 6.20. The van der Waals surface area contributed by atoms with Gasteiger partial charge in [0.25, 0.3) is 5.91 Å². The average molecular weight is 357 g/mol. The molecule has 2 unspecified atom stereocenters. The molecule has 1 saturated heterocycles. The lowest BCUT2D eigenvalue weighted by Crippen LogP contribution is -2.49. The first kappa shape index (κ1) is 18.8. The molecule has 7 heteroatoms. The number of hydrogen-bond donors (Lipinski definition) is 2. The molecule has 6 nitrogen and oxygen atoms in total. The molecule has 1 aromatic carbocycles. The van der Waals surface area contributed by atoms with E-state index in [4.69, 9.17) is 14.2 Å². The van der Waals surface area contributed by atoms with Crippen LogP contribution in [0.4, 0.5) is 0 Å². The highest BCUT2D eigenvalue weighted by Crippen LogP contribution is 2.34. The Kier molecular flexibility index (Phi) is 6.71. The van der Waals surface area contributed by atoms with Gasteiger partial charge < -0.3 is 24.8 Å². The van der Waals surface area contributed by atoms with Crippen molar-refractivity contribution < 1.29 is 19.0 Å². The molecular formula is C17H25ClN2O4. The Balaban J connectivity index is 0.00000208. The number of fused-ring (bicyclic) bond motifs is 1. The van der Waals surface area contributed by atoms with Gasteiger partial charge in [0.1, 0.15) is 19.3 Å². The second-order valence-corrected chi connectivity index (χ2v) is 6.20. The van der Waals surface area contributed by atoms with Gasteiger partial charge in [-0.15, -0.1) is 12.4 Å². The standard InChI is InChI=1S/C17H24N2O4.ClH/c1-11(2)16(19-17(20)15-10-18-5-6-21-15)12-3-4-13-14(9-12)23-8-7-22-13;/h3-4,9,11,15-16,18H,5-8,10H2,1-2H3,(H,19,20);1H. The van der Waals surface area contributed by atoms with Crippen LogP contribution in [0.5, 0.6) is 11.5 Å². The van der Waals surface area contributed by atoms with Gasteiger partial charge in [0.2, 0.25) is 0 Å². The van der Waals surface area contributed by atoms with Gasteiger partial charge in [0.15, 0.2) is 11.5 Å². The van der Waals surface area contributed by atoms with Gasteiger partial charge in [-0.1, -0.05) is 19.9 Å². The number of rotatable bonds is 4. The van der Waals surface area contributed by atoms with Crippen molar-refractivity contribution in [2.45, 2.75) is 26.0 Å². The van der Waals surface area contributed by atoms with Crippen LogP contribution >= 0.6 is 12.4 Å². The van der Waals surface area contributed by atoms with Crippen molar-refractivity contribution in [1.29, 1.82) is 0 Å². The number of halogens is 1. The van der Waals surface area contributed by atoms with Crippen molar-refractivity contribution in [3.63, 3.8) is 0 Å². The highest BCUT2D eigenvalue weighted by Gasteiger charge is 2.27. The van der Waals surface area contributed by atoms with E-state index in [1.807, 2.05) is 18.2 Å². The summed E-state index contributed by atoms with van der Waals surface area (Å²) in [5.74, 6) is 1.67. The zero-order valence-corrected chi connectivity index (χ0v) is 14.9. The third-order valence-corrected chi connectivity index (χ3v) is 4.11. The molecule has 1 amide bonds. The maximum atomic E-state index is 12.4. The van der Waals surface area contributed by atoms with E-state index in [-0.39, 0.29) is 30.3 Å². The minimum atomic E-state index is -0.429. The molecule has 0 spiro atoms. The van der Waals surface area contributed by atoms with E-state index in [1.165, 1.54) is 0 Å². The van der Waals surface area contributed by atoms with E-state index in [1.54, 1.807) is 0 Å². The van der Waals surface area contributed by atoms with E-state index in [0.29, 0.717) is 26.4 Å². The summed E-state index contributed by atoms with van der Waals surface area (Å²) >= 11 is 0. The monoisotopic (exact) mass is 356 g/mol. The molecule has 3 rings (SSSR count). The maximum Gasteiger partial charge on any atom is 0.250 e. The molecule has 2 heterocycles. The van der Waals surface area contributed by atoms with E-state index in [0.717, 1.165) is 23.6 Å². The van der Waals surface area contributed by atoms with Crippen molar-refractivity contribution in [1.82, 2.24) is 10.6 Å². The topological polar surface area (TPSA) is 68.8 Å². The van der Waals surface area contributed by atoms with E-state index in [9.17, 15) is 4.79 Å². The van der Waals surface area contributed by atoms with Gasteiger partial charge in [-0.2, -0.15) is 0 Å². The van der Waals surface area contributed by atoms with Crippen molar-refractivity contribution in [3.05, 3.63) is 23.8 Å². The number of carbonyl (C=O) groups is 1. The Hall–Kier alpha value is -1.50. The highest BCUT2D eigenvalue weighted by molar-refractivity contribution is 5.85. The molecule has 2 atom stereocenters. The number of nitrogens with one attached hydrogen (secondary N) is 2. The first-order valence-electron chi connectivity index (χ1n) is 8.17. The summed E-state index contributed by atoms with van der Waals surface area (Å²) in [6.45, 7) is 7.20. The molecule has 134 valence electrons. The zero-order chi connectivity index (χ0) is 16.2. The highest BCUT2D eigenvalue weighted by atomic mass is 35.5. The SMILES string of the molecule is CC(C)C(NC(=O)C1CNCCO1)c1ccc2c(c1)OCCO2.Cl. The fourth-order valence-electron chi connectivity index (χ4n) is 2.87. The molecule has 0 radical (unpaired) electrons. The number of amides is 1. The van der Waals surface area contributed by atoms with E-state index in [2.05, 4.69) is 24.5 Å². The van der Waals surface area contributed by atoms with Crippen LogP contribution in [0.15, 0.2) is 18.2 Å². The molecule has 1 fully saturated rings. The van der Waals surface area contributed by atoms with E-state index < -0.39 is 6.10 Å². The van der Waals surface area contributed by atoms with Gasteiger partial charge in [0.05, 0.1) is 12.6 Å². The number of morpholine rings is 1. The molecule has 0 saturated carbocycles. The van der Waals surface area contributed by atoms with Crippen molar-refractivity contribution in [2.24, 2.45) is 5.92 Å². The largest absolute Gasteiger partial charge is 0.486 e. The van der Waals surface area contributed by atoms with Crippen LogP contribution < -0.4 is 20.1 Å². The molecule has 2 aliphatic rings. The second kappa shape index (κ2) is 8.55. The Morgan fingerprint density at radius 2 is 1.96 bits per heavy atom. The predicted molar refractivity (Wildman–Crippen MR) is 93.0 cm³/mol. The third-order valence-electron chi connectivity index (χ3n) is 4.11. The summed E-state index contributed by atoms with van der Waals surface area (Å²) in [5.41, 5.74) is 1.02. The Bertz CT molecular complexity index is 562. The molecule has 2 N–H and O–H groups in total. The van der Waals surface area contributed by atoms with Crippen LogP contribution in [0.2, 0.25) is 0 Å². The van der Waals surface area contributed by atoms with Crippen LogP contribution in [-0.4, -0.2) is 44.9 Å². The summed E-state index contributed by atoms with van der Waals surface area (Å²) in [7, 11) is 0. The number of benzene rings is 1. The maximum absolute atomic E-state index is 12.4. The van der Waals surface area contributed by atoms with Crippen LogP contribution in [0.3, 0.4) is 0 Å². The molecule has 1 aromatic rings. The van der Waals surface area contributed by atoms with Gasteiger partial charge >= 0.3 is 0 Å².